The highest BCUT2D eigenvalue weighted by molar-refractivity contribution is 6.01. The lowest BCUT2D eigenvalue weighted by Crippen LogP contribution is -2.07. The molecule has 0 saturated heterocycles. The zero-order chi connectivity index (χ0) is 21.6. The molecule has 0 aliphatic heterocycles. The van der Waals surface area contributed by atoms with Crippen molar-refractivity contribution >= 4 is 17.7 Å². The second-order valence-electron chi connectivity index (χ2n) is 6.87. The second kappa shape index (κ2) is 9.04. The van der Waals surface area contributed by atoms with Gasteiger partial charge in [-0.15, -0.1) is 10.2 Å². The average molecular weight is 411 g/mol. The largest absolute Gasteiger partial charge is 0.438 e. The van der Waals surface area contributed by atoms with Gasteiger partial charge in [-0.1, -0.05) is 30.3 Å². The van der Waals surface area contributed by atoms with Crippen LogP contribution >= 0.6 is 0 Å². The van der Waals surface area contributed by atoms with Crippen LogP contribution in [0.15, 0.2) is 79.1 Å². The molecule has 0 bridgehead atoms. The molecule has 0 saturated carbocycles. The fourth-order valence-electron chi connectivity index (χ4n) is 2.87. The number of hydrogen-bond donors (Lipinski definition) is 1. The molecule has 7 heteroatoms. The van der Waals surface area contributed by atoms with E-state index >= 15 is 0 Å². The summed E-state index contributed by atoms with van der Waals surface area (Å²) in [6, 6.07) is 20.3. The van der Waals surface area contributed by atoms with Crippen LogP contribution in [0.5, 0.6) is 11.6 Å². The molecule has 0 atom stereocenters. The van der Waals surface area contributed by atoms with Crippen molar-refractivity contribution < 1.29 is 9.53 Å². The van der Waals surface area contributed by atoms with Crippen molar-refractivity contribution in [3.05, 3.63) is 96.1 Å². The maximum Gasteiger partial charge on any atom is 0.248 e. The van der Waals surface area contributed by atoms with Gasteiger partial charge in [0.25, 0.3) is 0 Å². The highest BCUT2D eigenvalue weighted by Crippen LogP contribution is 2.22. The van der Waals surface area contributed by atoms with Crippen LogP contribution in [0.3, 0.4) is 0 Å². The summed E-state index contributed by atoms with van der Waals surface area (Å²) in [4.78, 5) is 16.4. The van der Waals surface area contributed by atoms with Crippen LogP contribution in [0.2, 0.25) is 0 Å². The molecule has 0 aliphatic rings. The predicted molar refractivity (Wildman–Crippen MR) is 119 cm³/mol. The molecule has 2 heterocycles. The smallest absolute Gasteiger partial charge is 0.248 e. The minimum Gasteiger partial charge on any atom is -0.438 e. The number of benzene rings is 2. The van der Waals surface area contributed by atoms with Crippen LogP contribution in [-0.4, -0.2) is 25.7 Å². The molecule has 0 fully saturated rings. The van der Waals surface area contributed by atoms with Gasteiger partial charge < -0.3 is 10.1 Å². The number of hydrogen-bond acceptors (Lipinski definition) is 5. The van der Waals surface area contributed by atoms with Crippen LogP contribution in [-0.2, 0) is 4.79 Å². The number of nitrogens with zero attached hydrogens (tertiary/aromatic N) is 4. The van der Waals surface area contributed by atoms with Gasteiger partial charge in [-0.05, 0) is 55.8 Å². The Morgan fingerprint density at radius 3 is 2.39 bits per heavy atom. The summed E-state index contributed by atoms with van der Waals surface area (Å²) >= 11 is 0. The fraction of sp³-hybridized carbons (Fsp3) is 0.0833. The maximum atomic E-state index is 12.1. The first kappa shape index (κ1) is 20.0. The van der Waals surface area contributed by atoms with Crippen LogP contribution in [0, 0.1) is 13.8 Å². The normalized spacial score (nSPS) is 10.9. The van der Waals surface area contributed by atoms with Gasteiger partial charge in [0.15, 0.2) is 5.82 Å². The van der Waals surface area contributed by atoms with Gasteiger partial charge in [0.1, 0.15) is 12.1 Å². The minimum atomic E-state index is -0.205. The number of anilines is 1. The topological polar surface area (TPSA) is 81.9 Å². The van der Waals surface area contributed by atoms with Gasteiger partial charge in [0.2, 0.25) is 11.8 Å². The Balaban J connectivity index is 1.35. The van der Waals surface area contributed by atoms with Crippen molar-refractivity contribution in [2.24, 2.45) is 0 Å². The van der Waals surface area contributed by atoms with E-state index in [4.69, 9.17) is 4.74 Å². The van der Waals surface area contributed by atoms with E-state index in [9.17, 15) is 4.79 Å². The number of aromatic nitrogens is 4. The van der Waals surface area contributed by atoms with Crippen molar-refractivity contribution in [1.29, 1.82) is 0 Å². The first-order valence-electron chi connectivity index (χ1n) is 9.75. The van der Waals surface area contributed by atoms with E-state index in [-0.39, 0.29) is 5.91 Å². The van der Waals surface area contributed by atoms with E-state index in [1.165, 1.54) is 6.08 Å². The zero-order valence-corrected chi connectivity index (χ0v) is 17.2. The van der Waals surface area contributed by atoms with Crippen LogP contribution in [0.1, 0.15) is 17.0 Å². The highest BCUT2D eigenvalue weighted by atomic mass is 16.5. The summed E-state index contributed by atoms with van der Waals surface area (Å²) in [5.74, 6) is 1.44. The Labute approximate surface area is 180 Å². The van der Waals surface area contributed by atoms with Gasteiger partial charge in [0.05, 0.1) is 5.69 Å². The summed E-state index contributed by atoms with van der Waals surface area (Å²) in [5.41, 5.74) is 3.60. The Bertz CT molecular complexity index is 1200. The summed E-state index contributed by atoms with van der Waals surface area (Å²) in [6.07, 6.45) is 4.99. The Kier molecular flexibility index (Phi) is 5.84. The monoisotopic (exact) mass is 411 g/mol. The number of amides is 1. The van der Waals surface area contributed by atoms with Crippen molar-refractivity contribution in [2.45, 2.75) is 13.8 Å². The van der Waals surface area contributed by atoms with Crippen LogP contribution in [0.4, 0.5) is 5.69 Å². The molecule has 4 aromatic rings. The van der Waals surface area contributed by atoms with E-state index in [0.29, 0.717) is 23.1 Å². The lowest BCUT2D eigenvalue weighted by atomic mass is 10.2. The lowest BCUT2D eigenvalue weighted by molar-refractivity contribution is -0.111. The average Bonchev–Trinajstić information content (AvgIpc) is 3.13. The second-order valence-corrected chi connectivity index (χ2v) is 6.87. The Morgan fingerprint density at radius 1 is 0.968 bits per heavy atom. The summed E-state index contributed by atoms with van der Waals surface area (Å²) < 4.78 is 7.62. The maximum absolute atomic E-state index is 12.1. The molecule has 0 unspecified atom stereocenters. The van der Waals surface area contributed by atoms with Crippen LogP contribution in [0.25, 0.3) is 11.9 Å². The Hall–Kier alpha value is -4.26. The van der Waals surface area contributed by atoms with Gasteiger partial charge in [-0.25, -0.2) is 4.98 Å². The minimum absolute atomic E-state index is 0.205. The third-order valence-corrected chi connectivity index (χ3v) is 4.70. The molecule has 2 aromatic carbocycles. The fourth-order valence-corrected chi connectivity index (χ4v) is 2.87. The lowest BCUT2D eigenvalue weighted by Gasteiger charge is -2.07. The SMILES string of the molecule is Cc1ncn(-c2ccc(Oc3ccc(NC(=O)/C=C/c4ccccc4)cc3)nn2)c1C. The first-order chi connectivity index (χ1) is 15.1. The van der Waals surface area contributed by atoms with Crippen molar-refractivity contribution in [2.75, 3.05) is 5.32 Å². The predicted octanol–water partition coefficient (Wildman–Crippen LogP) is 4.72. The van der Waals surface area contributed by atoms with Gasteiger partial charge >= 0.3 is 0 Å². The first-order valence-corrected chi connectivity index (χ1v) is 9.75. The number of ether oxygens (including phenoxy) is 1. The van der Waals surface area contributed by atoms with Gasteiger partial charge in [0, 0.05) is 23.5 Å². The molecule has 0 radical (unpaired) electrons. The van der Waals surface area contributed by atoms with Crippen LogP contribution < -0.4 is 10.1 Å². The highest BCUT2D eigenvalue weighted by Gasteiger charge is 2.07. The summed E-state index contributed by atoms with van der Waals surface area (Å²) in [5, 5.41) is 11.1. The molecule has 2 aromatic heterocycles. The molecular formula is C24H21N5O2. The number of nitrogens with one attached hydrogen (secondary N) is 1. The van der Waals surface area contributed by atoms with E-state index in [1.54, 1.807) is 42.7 Å². The summed E-state index contributed by atoms with van der Waals surface area (Å²) in [6.45, 7) is 3.93. The number of aryl methyl sites for hydroxylation is 1. The molecule has 7 nitrogen and oxygen atoms in total. The zero-order valence-electron chi connectivity index (χ0n) is 17.2. The van der Waals surface area contributed by atoms with E-state index in [2.05, 4.69) is 20.5 Å². The quantitative estimate of drug-likeness (QED) is 0.464. The molecule has 154 valence electrons. The van der Waals surface area contributed by atoms with Gasteiger partial charge in [-0.2, -0.15) is 0 Å². The molecule has 0 aliphatic carbocycles. The number of rotatable bonds is 6. The van der Waals surface area contributed by atoms with E-state index in [1.807, 2.05) is 54.8 Å². The molecule has 4 rings (SSSR count). The van der Waals surface area contributed by atoms with E-state index < -0.39 is 0 Å². The standard InChI is InChI=1S/C24H21N5O2/c1-17-18(2)29(16-25-17)22-13-15-24(28-27-22)31-21-11-9-20(10-12-21)26-23(30)14-8-19-6-4-3-5-7-19/h3-16H,1-2H3,(H,26,30)/b14-8+. The Morgan fingerprint density at radius 2 is 1.74 bits per heavy atom. The van der Waals surface area contributed by atoms with Crippen molar-refractivity contribution in [3.63, 3.8) is 0 Å². The summed E-state index contributed by atoms with van der Waals surface area (Å²) in [7, 11) is 0. The van der Waals surface area contributed by atoms with E-state index in [0.717, 1.165) is 17.0 Å². The molecular weight excluding hydrogens is 390 g/mol. The number of carbonyl (C=O) groups is 1. The van der Waals surface area contributed by atoms with Crippen molar-refractivity contribution in [1.82, 2.24) is 19.7 Å². The molecule has 1 N–H and O–H groups in total. The van der Waals surface area contributed by atoms with Gasteiger partial charge in [-0.3, -0.25) is 9.36 Å². The van der Waals surface area contributed by atoms with Crippen molar-refractivity contribution in [3.8, 4) is 17.4 Å². The number of carbonyl (C=O) groups excluding carboxylic acids is 1. The third-order valence-electron chi connectivity index (χ3n) is 4.70. The molecule has 0 spiro atoms. The third kappa shape index (κ3) is 5.02. The number of imidazole rings is 1. The molecule has 31 heavy (non-hydrogen) atoms. The molecule has 1 amide bonds.